The fraction of sp³-hybridized carbons (Fsp3) is 0.333. The first kappa shape index (κ1) is 18.5. The number of aliphatic imine (C=N–C) groups is 1. The summed E-state index contributed by atoms with van der Waals surface area (Å²) in [5, 5.41) is 3.44. The van der Waals surface area contributed by atoms with Crippen LogP contribution in [0, 0.1) is 0 Å². The van der Waals surface area contributed by atoms with Crippen LogP contribution < -0.4 is 15.1 Å². The number of aromatic nitrogens is 1. The molecular formula is C18H24IN5. The summed E-state index contributed by atoms with van der Waals surface area (Å²) in [4.78, 5) is 13.1. The Morgan fingerprint density at radius 3 is 2.71 bits per heavy atom. The Morgan fingerprint density at radius 2 is 2.04 bits per heavy atom. The number of benzene rings is 1. The number of hydrogen-bond donors (Lipinski definition) is 1. The van der Waals surface area contributed by atoms with Crippen LogP contribution >= 0.6 is 24.0 Å². The zero-order valence-electron chi connectivity index (χ0n) is 14.4. The summed E-state index contributed by atoms with van der Waals surface area (Å²) in [7, 11) is 5.82. The number of halogens is 1. The van der Waals surface area contributed by atoms with Gasteiger partial charge >= 0.3 is 0 Å². The van der Waals surface area contributed by atoms with Gasteiger partial charge in [-0.15, -0.1) is 24.0 Å². The molecule has 1 N–H and O–H groups in total. The van der Waals surface area contributed by atoms with Gasteiger partial charge in [-0.2, -0.15) is 0 Å². The maximum absolute atomic E-state index is 4.45. The molecule has 0 saturated carbocycles. The van der Waals surface area contributed by atoms with Crippen LogP contribution in [0.3, 0.4) is 0 Å². The molecule has 1 aliphatic heterocycles. The Hall–Kier alpha value is -1.83. The molecule has 0 atom stereocenters. The van der Waals surface area contributed by atoms with E-state index >= 15 is 0 Å². The van der Waals surface area contributed by atoms with Gasteiger partial charge in [-0.25, -0.2) is 4.98 Å². The van der Waals surface area contributed by atoms with Gasteiger partial charge in [-0.3, -0.25) is 4.99 Å². The van der Waals surface area contributed by atoms with E-state index in [0.717, 1.165) is 30.3 Å². The van der Waals surface area contributed by atoms with Crippen molar-refractivity contribution < 1.29 is 0 Å². The SMILES string of the molecule is CN=C(NCc1ccc(N(C)C)nc1)N1CCc2ccccc21.I. The molecule has 24 heavy (non-hydrogen) atoms. The van der Waals surface area contributed by atoms with E-state index in [1.54, 1.807) is 0 Å². The van der Waals surface area contributed by atoms with Crippen molar-refractivity contribution in [1.82, 2.24) is 10.3 Å². The number of fused-ring (bicyclic) bond motifs is 1. The highest BCUT2D eigenvalue weighted by Crippen LogP contribution is 2.27. The molecular weight excluding hydrogens is 413 g/mol. The van der Waals surface area contributed by atoms with Crippen molar-refractivity contribution in [2.75, 3.05) is 37.5 Å². The second kappa shape index (κ2) is 8.32. The summed E-state index contributed by atoms with van der Waals surface area (Å²) in [5.74, 6) is 1.87. The zero-order valence-corrected chi connectivity index (χ0v) is 16.7. The smallest absolute Gasteiger partial charge is 0.198 e. The van der Waals surface area contributed by atoms with Crippen LogP contribution in [0.5, 0.6) is 0 Å². The predicted molar refractivity (Wildman–Crippen MR) is 112 cm³/mol. The van der Waals surface area contributed by atoms with Crippen LogP contribution in [-0.4, -0.2) is 38.6 Å². The first-order valence-electron chi connectivity index (χ1n) is 7.87. The van der Waals surface area contributed by atoms with E-state index in [1.165, 1.54) is 11.3 Å². The molecule has 1 aromatic carbocycles. The topological polar surface area (TPSA) is 43.8 Å². The molecule has 6 heteroatoms. The lowest BCUT2D eigenvalue weighted by atomic mass is 10.2. The summed E-state index contributed by atoms with van der Waals surface area (Å²) in [6.07, 6.45) is 2.98. The highest BCUT2D eigenvalue weighted by Gasteiger charge is 2.22. The minimum atomic E-state index is 0. The second-order valence-electron chi connectivity index (χ2n) is 5.85. The van der Waals surface area contributed by atoms with E-state index < -0.39 is 0 Å². The third-order valence-corrected chi connectivity index (χ3v) is 4.07. The zero-order chi connectivity index (χ0) is 16.2. The summed E-state index contributed by atoms with van der Waals surface area (Å²) in [6, 6.07) is 12.6. The molecule has 2 aromatic rings. The lowest BCUT2D eigenvalue weighted by Crippen LogP contribution is -2.40. The number of rotatable bonds is 3. The Bertz CT molecular complexity index is 697. The average Bonchev–Trinajstić information content (AvgIpc) is 3.00. The number of pyridine rings is 1. The summed E-state index contributed by atoms with van der Waals surface area (Å²) in [6.45, 7) is 1.68. The van der Waals surface area contributed by atoms with Crippen LogP contribution in [0.4, 0.5) is 11.5 Å². The van der Waals surface area contributed by atoms with Crippen molar-refractivity contribution in [3.8, 4) is 0 Å². The summed E-state index contributed by atoms with van der Waals surface area (Å²) >= 11 is 0. The summed E-state index contributed by atoms with van der Waals surface area (Å²) < 4.78 is 0. The molecule has 0 fully saturated rings. The van der Waals surface area contributed by atoms with Gasteiger partial charge in [0.25, 0.3) is 0 Å². The van der Waals surface area contributed by atoms with Gasteiger partial charge in [-0.1, -0.05) is 24.3 Å². The number of para-hydroxylation sites is 1. The van der Waals surface area contributed by atoms with E-state index in [1.807, 2.05) is 38.3 Å². The first-order valence-corrected chi connectivity index (χ1v) is 7.87. The largest absolute Gasteiger partial charge is 0.363 e. The lowest BCUT2D eigenvalue weighted by Gasteiger charge is -2.22. The van der Waals surface area contributed by atoms with Crippen molar-refractivity contribution in [1.29, 1.82) is 0 Å². The minimum absolute atomic E-state index is 0. The fourth-order valence-corrected chi connectivity index (χ4v) is 2.82. The normalized spacial score (nSPS) is 13.3. The van der Waals surface area contributed by atoms with Crippen LogP contribution in [-0.2, 0) is 13.0 Å². The number of anilines is 2. The standard InChI is InChI=1S/C18H23N5.HI/c1-19-18(23-11-10-15-6-4-5-7-16(15)23)21-13-14-8-9-17(20-12-14)22(2)3;/h4-9,12H,10-11,13H2,1-3H3,(H,19,21);1H. The Balaban J connectivity index is 0.00000208. The van der Waals surface area contributed by atoms with Gasteiger partial charge in [-0.05, 0) is 29.7 Å². The predicted octanol–water partition coefficient (Wildman–Crippen LogP) is 2.90. The van der Waals surface area contributed by atoms with Crippen molar-refractivity contribution in [3.63, 3.8) is 0 Å². The number of guanidine groups is 1. The van der Waals surface area contributed by atoms with Crippen LogP contribution in [0.2, 0.25) is 0 Å². The molecule has 0 bridgehead atoms. The quantitative estimate of drug-likeness (QED) is 0.456. The molecule has 1 aliphatic rings. The van der Waals surface area contributed by atoms with Crippen molar-refractivity contribution in [2.24, 2.45) is 4.99 Å². The number of nitrogens with zero attached hydrogens (tertiary/aromatic N) is 4. The number of nitrogens with one attached hydrogen (secondary N) is 1. The van der Waals surface area contributed by atoms with E-state index in [9.17, 15) is 0 Å². The Morgan fingerprint density at radius 1 is 1.25 bits per heavy atom. The highest BCUT2D eigenvalue weighted by atomic mass is 127. The molecule has 0 saturated heterocycles. The molecule has 128 valence electrons. The van der Waals surface area contributed by atoms with E-state index in [2.05, 4.69) is 50.5 Å². The highest BCUT2D eigenvalue weighted by molar-refractivity contribution is 14.0. The maximum atomic E-state index is 4.45. The second-order valence-corrected chi connectivity index (χ2v) is 5.85. The minimum Gasteiger partial charge on any atom is -0.363 e. The monoisotopic (exact) mass is 437 g/mol. The van der Waals surface area contributed by atoms with Crippen LogP contribution in [0.15, 0.2) is 47.6 Å². The maximum Gasteiger partial charge on any atom is 0.198 e. The number of hydrogen-bond acceptors (Lipinski definition) is 3. The van der Waals surface area contributed by atoms with E-state index in [4.69, 9.17) is 0 Å². The van der Waals surface area contributed by atoms with Crippen LogP contribution in [0.1, 0.15) is 11.1 Å². The van der Waals surface area contributed by atoms with E-state index in [0.29, 0.717) is 6.54 Å². The third kappa shape index (κ3) is 3.98. The lowest BCUT2D eigenvalue weighted by molar-refractivity contribution is 0.861. The van der Waals surface area contributed by atoms with Gasteiger partial charge in [0, 0.05) is 46.1 Å². The van der Waals surface area contributed by atoms with Crippen molar-refractivity contribution in [2.45, 2.75) is 13.0 Å². The molecule has 0 spiro atoms. The molecule has 5 nitrogen and oxygen atoms in total. The van der Waals surface area contributed by atoms with Crippen molar-refractivity contribution in [3.05, 3.63) is 53.7 Å². The molecule has 0 aliphatic carbocycles. The van der Waals surface area contributed by atoms with Crippen molar-refractivity contribution >= 4 is 41.4 Å². The van der Waals surface area contributed by atoms with Gasteiger partial charge in [0.15, 0.2) is 5.96 Å². The van der Waals surface area contributed by atoms with Crippen LogP contribution in [0.25, 0.3) is 0 Å². The molecule has 1 aromatic heterocycles. The van der Waals surface area contributed by atoms with Gasteiger partial charge in [0.1, 0.15) is 5.82 Å². The third-order valence-electron chi connectivity index (χ3n) is 4.07. The molecule has 3 rings (SSSR count). The molecule has 0 radical (unpaired) electrons. The van der Waals surface area contributed by atoms with Gasteiger partial charge < -0.3 is 15.1 Å². The first-order chi connectivity index (χ1) is 11.2. The Kier molecular flexibility index (Phi) is 6.42. The fourth-order valence-electron chi connectivity index (χ4n) is 2.82. The summed E-state index contributed by atoms with van der Waals surface area (Å²) in [5.41, 5.74) is 3.78. The molecule has 0 unspecified atom stereocenters. The Labute approximate surface area is 160 Å². The molecule has 2 heterocycles. The average molecular weight is 437 g/mol. The van der Waals surface area contributed by atoms with E-state index in [-0.39, 0.29) is 24.0 Å². The molecule has 0 amide bonds. The van der Waals surface area contributed by atoms with Gasteiger partial charge in [0.05, 0.1) is 0 Å². The van der Waals surface area contributed by atoms with Gasteiger partial charge in [0.2, 0.25) is 0 Å².